The molecule has 0 fully saturated rings. The lowest BCUT2D eigenvalue weighted by molar-refractivity contribution is 0.416. The third kappa shape index (κ3) is 2.31. The van der Waals surface area contributed by atoms with Gasteiger partial charge in [0.25, 0.3) is 0 Å². The quantitative estimate of drug-likeness (QED) is 0.822. The number of hydrogen-bond acceptors (Lipinski definition) is 3. The summed E-state index contributed by atoms with van der Waals surface area (Å²) >= 11 is 1.64. The van der Waals surface area contributed by atoms with Crippen molar-refractivity contribution in [3.8, 4) is 5.75 Å². The largest absolute Gasteiger partial charge is 0.495 e. The Kier molecular flexibility index (Phi) is 3.37. The van der Waals surface area contributed by atoms with Crippen molar-refractivity contribution in [3.05, 3.63) is 48.5 Å². The van der Waals surface area contributed by atoms with Crippen LogP contribution in [-0.2, 0) is 0 Å². The Morgan fingerprint density at radius 2 is 1.75 bits per heavy atom. The summed E-state index contributed by atoms with van der Waals surface area (Å²) < 4.78 is 5.18. The summed E-state index contributed by atoms with van der Waals surface area (Å²) in [6.45, 7) is 0. The van der Waals surface area contributed by atoms with E-state index in [2.05, 4.69) is 12.1 Å². The number of nitrogen functional groups attached to an aromatic ring is 1. The second kappa shape index (κ2) is 4.94. The fourth-order valence-electron chi connectivity index (χ4n) is 1.41. The molecule has 2 aromatic carbocycles. The fraction of sp³-hybridized carbons (Fsp3) is 0.0769. The highest BCUT2D eigenvalue weighted by atomic mass is 32.2. The van der Waals surface area contributed by atoms with E-state index >= 15 is 0 Å². The summed E-state index contributed by atoms with van der Waals surface area (Å²) in [6.07, 6.45) is 0. The van der Waals surface area contributed by atoms with E-state index in [0.717, 1.165) is 10.6 Å². The van der Waals surface area contributed by atoms with Crippen LogP contribution in [0.15, 0.2) is 58.3 Å². The van der Waals surface area contributed by atoms with Crippen molar-refractivity contribution in [1.82, 2.24) is 0 Å². The summed E-state index contributed by atoms with van der Waals surface area (Å²) in [6, 6.07) is 15.9. The van der Waals surface area contributed by atoms with E-state index in [0.29, 0.717) is 5.69 Å². The summed E-state index contributed by atoms with van der Waals surface area (Å²) in [5.41, 5.74) is 6.69. The van der Waals surface area contributed by atoms with E-state index in [4.69, 9.17) is 10.5 Å². The standard InChI is InChI=1S/C13H13NOS/c1-15-11-8-5-9-12(13(11)14)16-10-6-3-2-4-7-10/h2-9H,14H2,1H3. The van der Waals surface area contributed by atoms with E-state index in [9.17, 15) is 0 Å². The van der Waals surface area contributed by atoms with Gasteiger partial charge in [0.1, 0.15) is 5.75 Å². The highest BCUT2D eigenvalue weighted by Gasteiger charge is 2.05. The summed E-state index contributed by atoms with van der Waals surface area (Å²) in [4.78, 5) is 2.19. The Morgan fingerprint density at radius 3 is 2.44 bits per heavy atom. The van der Waals surface area contributed by atoms with E-state index in [-0.39, 0.29) is 0 Å². The molecule has 0 aliphatic carbocycles. The molecule has 0 unspecified atom stereocenters. The van der Waals surface area contributed by atoms with Gasteiger partial charge in [0.05, 0.1) is 12.8 Å². The molecule has 0 aliphatic heterocycles. The normalized spacial score (nSPS) is 10.1. The number of methoxy groups -OCH3 is 1. The Morgan fingerprint density at radius 1 is 1.00 bits per heavy atom. The first-order chi connectivity index (χ1) is 7.81. The molecule has 0 heterocycles. The maximum Gasteiger partial charge on any atom is 0.142 e. The van der Waals surface area contributed by atoms with Gasteiger partial charge in [0.2, 0.25) is 0 Å². The monoisotopic (exact) mass is 231 g/mol. The van der Waals surface area contributed by atoms with Crippen LogP contribution in [0, 0.1) is 0 Å². The van der Waals surface area contributed by atoms with Crippen LogP contribution in [-0.4, -0.2) is 7.11 Å². The van der Waals surface area contributed by atoms with Crippen molar-refractivity contribution in [1.29, 1.82) is 0 Å². The lowest BCUT2D eigenvalue weighted by Gasteiger charge is -2.09. The van der Waals surface area contributed by atoms with Crippen LogP contribution in [0.5, 0.6) is 5.75 Å². The molecule has 0 bridgehead atoms. The van der Waals surface area contributed by atoms with Gasteiger partial charge < -0.3 is 10.5 Å². The molecule has 82 valence electrons. The molecule has 16 heavy (non-hydrogen) atoms. The van der Waals surface area contributed by atoms with Gasteiger partial charge in [0, 0.05) is 9.79 Å². The molecule has 0 saturated carbocycles. The molecule has 0 aromatic heterocycles. The van der Waals surface area contributed by atoms with Crippen molar-refractivity contribution >= 4 is 17.4 Å². The second-order valence-electron chi connectivity index (χ2n) is 3.29. The van der Waals surface area contributed by atoms with Crippen LogP contribution in [0.1, 0.15) is 0 Å². The lowest BCUT2D eigenvalue weighted by atomic mass is 10.3. The SMILES string of the molecule is COc1cccc(Sc2ccccc2)c1N. The molecular weight excluding hydrogens is 218 g/mol. The summed E-state index contributed by atoms with van der Waals surface area (Å²) in [7, 11) is 1.63. The van der Waals surface area contributed by atoms with Crippen molar-refractivity contribution in [2.45, 2.75) is 9.79 Å². The first kappa shape index (κ1) is 10.9. The van der Waals surface area contributed by atoms with Gasteiger partial charge in [-0.3, -0.25) is 0 Å². The minimum Gasteiger partial charge on any atom is -0.495 e. The maximum atomic E-state index is 6.00. The first-order valence-electron chi connectivity index (χ1n) is 4.96. The zero-order valence-electron chi connectivity index (χ0n) is 9.01. The van der Waals surface area contributed by atoms with Gasteiger partial charge in [-0.15, -0.1) is 0 Å². The van der Waals surface area contributed by atoms with Gasteiger partial charge in [-0.25, -0.2) is 0 Å². The molecule has 2 aromatic rings. The maximum absolute atomic E-state index is 6.00. The predicted molar refractivity (Wildman–Crippen MR) is 68.0 cm³/mol. The van der Waals surface area contributed by atoms with Crippen molar-refractivity contribution in [2.24, 2.45) is 0 Å². The topological polar surface area (TPSA) is 35.2 Å². The Hall–Kier alpha value is -1.61. The van der Waals surface area contributed by atoms with Gasteiger partial charge in [-0.2, -0.15) is 0 Å². The number of anilines is 1. The van der Waals surface area contributed by atoms with E-state index in [1.807, 2.05) is 36.4 Å². The van der Waals surface area contributed by atoms with Gasteiger partial charge in [-0.1, -0.05) is 36.0 Å². The van der Waals surface area contributed by atoms with Crippen molar-refractivity contribution in [2.75, 3.05) is 12.8 Å². The third-order valence-electron chi connectivity index (χ3n) is 2.22. The predicted octanol–water partition coefficient (Wildman–Crippen LogP) is 3.43. The van der Waals surface area contributed by atoms with Gasteiger partial charge in [0.15, 0.2) is 0 Å². The van der Waals surface area contributed by atoms with E-state index in [1.54, 1.807) is 18.9 Å². The molecule has 0 spiro atoms. The zero-order chi connectivity index (χ0) is 11.4. The van der Waals surface area contributed by atoms with Crippen LogP contribution in [0.2, 0.25) is 0 Å². The summed E-state index contributed by atoms with van der Waals surface area (Å²) in [5.74, 6) is 0.723. The van der Waals surface area contributed by atoms with Gasteiger partial charge >= 0.3 is 0 Å². The van der Waals surface area contributed by atoms with Crippen LogP contribution in [0.3, 0.4) is 0 Å². The molecule has 3 heteroatoms. The molecular formula is C13H13NOS. The Labute approximate surface area is 99.4 Å². The lowest BCUT2D eigenvalue weighted by Crippen LogP contribution is -1.93. The molecule has 2 rings (SSSR count). The number of benzene rings is 2. The molecule has 0 atom stereocenters. The zero-order valence-corrected chi connectivity index (χ0v) is 9.83. The van der Waals surface area contributed by atoms with Crippen LogP contribution in [0.4, 0.5) is 5.69 Å². The Bertz CT molecular complexity index is 471. The van der Waals surface area contributed by atoms with Crippen LogP contribution >= 0.6 is 11.8 Å². The third-order valence-corrected chi connectivity index (χ3v) is 3.30. The molecule has 2 nitrogen and oxygen atoms in total. The first-order valence-corrected chi connectivity index (χ1v) is 5.78. The Balaban J connectivity index is 2.28. The smallest absolute Gasteiger partial charge is 0.142 e. The van der Waals surface area contributed by atoms with Gasteiger partial charge in [-0.05, 0) is 24.3 Å². The number of rotatable bonds is 3. The molecule has 0 amide bonds. The number of para-hydroxylation sites is 1. The van der Waals surface area contributed by atoms with E-state index < -0.39 is 0 Å². The minimum absolute atomic E-state index is 0.693. The minimum atomic E-state index is 0.693. The van der Waals surface area contributed by atoms with Crippen LogP contribution < -0.4 is 10.5 Å². The number of hydrogen-bond donors (Lipinski definition) is 1. The highest BCUT2D eigenvalue weighted by Crippen LogP contribution is 2.36. The number of ether oxygens (including phenoxy) is 1. The fourth-order valence-corrected chi connectivity index (χ4v) is 2.31. The second-order valence-corrected chi connectivity index (χ2v) is 4.40. The molecule has 0 saturated heterocycles. The van der Waals surface area contributed by atoms with E-state index in [1.165, 1.54) is 4.90 Å². The average molecular weight is 231 g/mol. The molecule has 2 N–H and O–H groups in total. The van der Waals surface area contributed by atoms with Crippen molar-refractivity contribution in [3.63, 3.8) is 0 Å². The number of nitrogens with two attached hydrogens (primary N) is 1. The average Bonchev–Trinajstić information content (AvgIpc) is 2.33. The highest BCUT2D eigenvalue weighted by molar-refractivity contribution is 7.99. The van der Waals surface area contributed by atoms with Crippen LogP contribution in [0.25, 0.3) is 0 Å². The summed E-state index contributed by atoms with van der Waals surface area (Å²) in [5, 5.41) is 0. The molecule has 0 radical (unpaired) electrons. The van der Waals surface area contributed by atoms with Crippen molar-refractivity contribution < 1.29 is 4.74 Å². The molecule has 0 aliphatic rings.